The summed E-state index contributed by atoms with van der Waals surface area (Å²) in [4.78, 5) is 25.1. The first-order valence-corrected chi connectivity index (χ1v) is 6.36. The van der Waals surface area contributed by atoms with Gasteiger partial charge < -0.3 is 4.74 Å². The number of hydrogen-bond donors (Lipinski definition) is 0. The van der Waals surface area contributed by atoms with E-state index in [9.17, 15) is 9.59 Å². The Kier molecular flexibility index (Phi) is 3.21. The van der Waals surface area contributed by atoms with Gasteiger partial charge in [0.15, 0.2) is 0 Å². The van der Waals surface area contributed by atoms with Crippen LogP contribution in [0.3, 0.4) is 0 Å². The number of nitrogens with zero attached hydrogens (tertiary/aromatic N) is 1. The van der Waals surface area contributed by atoms with E-state index in [0.717, 1.165) is 5.56 Å². The standard InChI is InChI=1S/C16H13NO3/c18-15-14(20-13-9-5-2-6-10-13)16(19)17(15)11-12-7-3-1-4-8-12/h1-10,14H,11H2. The van der Waals surface area contributed by atoms with Gasteiger partial charge in [-0.05, 0) is 17.7 Å². The Morgan fingerprint density at radius 3 is 2.00 bits per heavy atom. The summed E-state index contributed by atoms with van der Waals surface area (Å²) in [6.45, 7) is 0.299. The predicted molar refractivity (Wildman–Crippen MR) is 72.9 cm³/mol. The van der Waals surface area contributed by atoms with Crippen LogP contribution >= 0.6 is 0 Å². The molecule has 0 atom stereocenters. The maximum atomic E-state index is 12.0. The molecule has 2 aromatic rings. The molecule has 1 aliphatic heterocycles. The molecule has 1 saturated heterocycles. The topological polar surface area (TPSA) is 46.6 Å². The van der Waals surface area contributed by atoms with E-state index in [-0.39, 0.29) is 11.8 Å². The second-order valence-corrected chi connectivity index (χ2v) is 4.56. The third-order valence-electron chi connectivity index (χ3n) is 3.16. The molecule has 1 heterocycles. The van der Waals surface area contributed by atoms with Gasteiger partial charge in [0.25, 0.3) is 17.9 Å². The Morgan fingerprint density at radius 2 is 1.40 bits per heavy atom. The molecule has 0 unspecified atom stereocenters. The lowest BCUT2D eigenvalue weighted by Gasteiger charge is -2.35. The van der Waals surface area contributed by atoms with Gasteiger partial charge in [-0.25, -0.2) is 0 Å². The highest BCUT2D eigenvalue weighted by Crippen LogP contribution is 2.22. The smallest absolute Gasteiger partial charge is 0.280 e. The number of carbonyl (C=O) groups is 2. The van der Waals surface area contributed by atoms with Gasteiger partial charge in [0.1, 0.15) is 5.75 Å². The first-order valence-electron chi connectivity index (χ1n) is 6.36. The van der Waals surface area contributed by atoms with Gasteiger partial charge in [-0.15, -0.1) is 0 Å². The summed E-state index contributed by atoms with van der Waals surface area (Å²) in [6.07, 6.45) is -0.999. The Balaban J connectivity index is 1.65. The summed E-state index contributed by atoms with van der Waals surface area (Å²) in [5.41, 5.74) is 0.923. The number of rotatable bonds is 4. The minimum absolute atomic E-state index is 0.289. The minimum atomic E-state index is -0.999. The summed E-state index contributed by atoms with van der Waals surface area (Å²) in [5, 5.41) is 0. The van der Waals surface area contributed by atoms with Crippen molar-refractivity contribution in [2.45, 2.75) is 12.6 Å². The maximum Gasteiger partial charge on any atom is 0.280 e. The number of amides is 2. The average Bonchev–Trinajstić information content (AvgIpc) is 2.52. The number of carbonyl (C=O) groups excluding carboxylic acids is 2. The summed E-state index contributed by atoms with van der Waals surface area (Å²) in [5.74, 6) is -0.0519. The van der Waals surface area contributed by atoms with E-state index < -0.39 is 6.10 Å². The van der Waals surface area contributed by atoms with Crippen molar-refractivity contribution in [3.63, 3.8) is 0 Å². The number of hydrogen-bond acceptors (Lipinski definition) is 3. The predicted octanol–water partition coefficient (Wildman–Crippen LogP) is 2.00. The number of para-hydroxylation sites is 1. The summed E-state index contributed by atoms with van der Waals surface area (Å²) in [6, 6.07) is 18.3. The van der Waals surface area contributed by atoms with Gasteiger partial charge in [0.2, 0.25) is 0 Å². The molecular formula is C16H13NO3. The van der Waals surface area contributed by atoms with Crippen molar-refractivity contribution < 1.29 is 14.3 Å². The molecule has 2 aromatic carbocycles. The normalized spacial score (nSPS) is 15.1. The monoisotopic (exact) mass is 267 g/mol. The van der Waals surface area contributed by atoms with Crippen molar-refractivity contribution in [3.8, 4) is 5.75 Å². The lowest BCUT2D eigenvalue weighted by atomic mass is 10.1. The van der Waals surface area contributed by atoms with Crippen LogP contribution in [0.1, 0.15) is 5.56 Å². The molecule has 0 radical (unpaired) electrons. The third kappa shape index (κ3) is 2.28. The molecule has 0 bridgehead atoms. The van der Waals surface area contributed by atoms with Gasteiger partial charge in [-0.2, -0.15) is 0 Å². The second kappa shape index (κ2) is 5.17. The zero-order valence-corrected chi connectivity index (χ0v) is 10.7. The van der Waals surface area contributed by atoms with Crippen LogP contribution in [0.25, 0.3) is 0 Å². The van der Waals surface area contributed by atoms with Crippen LogP contribution in [0.15, 0.2) is 60.7 Å². The minimum Gasteiger partial charge on any atom is -0.471 e. The van der Waals surface area contributed by atoms with Crippen LogP contribution in [0, 0.1) is 0 Å². The Morgan fingerprint density at radius 1 is 0.850 bits per heavy atom. The lowest BCUT2D eigenvalue weighted by molar-refractivity contribution is -0.171. The molecule has 0 N–H and O–H groups in total. The van der Waals surface area contributed by atoms with Crippen LogP contribution in [-0.2, 0) is 16.1 Å². The number of likely N-dealkylation sites (tertiary alicyclic amines) is 1. The van der Waals surface area contributed by atoms with Crippen LogP contribution in [0.5, 0.6) is 5.75 Å². The Labute approximate surface area is 116 Å². The van der Waals surface area contributed by atoms with E-state index in [1.165, 1.54) is 4.90 Å². The fourth-order valence-corrected chi connectivity index (χ4v) is 2.09. The highest BCUT2D eigenvalue weighted by Gasteiger charge is 2.48. The number of benzene rings is 2. The Bertz CT molecular complexity index is 555. The largest absolute Gasteiger partial charge is 0.471 e. The van der Waals surface area contributed by atoms with E-state index in [4.69, 9.17) is 4.74 Å². The van der Waals surface area contributed by atoms with E-state index in [1.54, 1.807) is 24.3 Å². The molecule has 0 aromatic heterocycles. The van der Waals surface area contributed by atoms with E-state index in [1.807, 2.05) is 36.4 Å². The highest BCUT2D eigenvalue weighted by atomic mass is 16.5. The molecule has 3 rings (SSSR count). The molecule has 20 heavy (non-hydrogen) atoms. The third-order valence-corrected chi connectivity index (χ3v) is 3.16. The van der Waals surface area contributed by atoms with Crippen molar-refractivity contribution in [2.24, 2.45) is 0 Å². The van der Waals surface area contributed by atoms with E-state index >= 15 is 0 Å². The van der Waals surface area contributed by atoms with Crippen LogP contribution in [0.4, 0.5) is 0 Å². The first-order chi connectivity index (χ1) is 9.75. The lowest BCUT2D eigenvalue weighted by Crippen LogP contribution is -2.63. The zero-order chi connectivity index (χ0) is 13.9. The summed E-state index contributed by atoms with van der Waals surface area (Å²) < 4.78 is 5.40. The van der Waals surface area contributed by atoms with Gasteiger partial charge in [-0.3, -0.25) is 14.5 Å². The van der Waals surface area contributed by atoms with Gasteiger partial charge in [0, 0.05) is 0 Å². The highest BCUT2D eigenvalue weighted by molar-refractivity contribution is 6.20. The fourth-order valence-electron chi connectivity index (χ4n) is 2.09. The molecule has 1 fully saturated rings. The van der Waals surface area contributed by atoms with Crippen molar-refractivity contribution in [1.29, 1.82) is 0 Å². The zero-order valence-electron chi connectivity index (χ0n) is 10.7. The molecule has 4 heteroatoms. The van der Waals surface area contributed by atoms with Crippen LogP contribution < -0.4 is 4.74 Å². The van der Waals surface area contributed by atoms with Crippen molar-refractivity contribution >= 4 is 11.8 Å². The molecule has 0 saturated carbocycles. The summed E-state index contributed by atoms with van der Waals surface area (Å²) >= 11 is 0. The first kappa shape index (κ1) is 12.4. The number of imide groups is 1. The van der Waals surface area contributed by atoms with Crippen molar-refractivity contribution in [2.75, 3.05) is 0 Å². The quantitative estimate of drug-likeness (QED) is 0.629. The summed E-state index contributed by atoms with van der Waals surface area (Å²) in [7, 11) is 0. The second-order valence-electron chi connectivity index (χ2n) is 4.56. The van der Waals surface area contributed by atoms with Gasteiger partial charge in [-0.1, -0.05) is 48.5 Å². The Hall–Kier alpha value is -2.62. The molecule has 2 amide bonds. The van der Waals surface area contributed by atoms with Crippen LogP contribution in [-0.4, -0.2) is 22.8 Å². The SMILES string of the molecule is O=C1C(Oc2ccccc2)C(=O)N1Cc1ccccc1. The van der Waals surface area contributed by atoms with Gasteiger partial charge >= 0.3 is 0 Å². The fraction of sp³-hybridized carbons (Fsp3) is 0.125. The molecule has 0 aliphatic carbocycles. The molecule has 4 nitrogen and oxygen atoms in total. The number of β-lactam (4-membered cyclic amide) rings is 2. The van der Waals surface area contributed by atoms with E-state index in [2.05, 4.69) is 0 Å². The van der Waals surface area contributed by atoms with Crippen molar-refractivity contribution in [1.82, 2.24) is 4.90 Å². The van der Waals surface area contributed by atoms with Crippen molar-refractivity contribution in [3.05, 3.63) is 66.2 Å². The maximum absolute atomic E-state index is 12.0. The van der Waals surface area contributed by atoms with Crippen LogP contribution in [0.2, 0.25) is 0 Å². The molecule has 100 valence electrons. The molecule has 1 aliphatic rings. The molecular weight excluding hydrogens is 254 g/mol. The average molecular weight is 267 g/mol. The van der Waals surface area contributed by atoms with E-state index in [0.29, 0.717) is 12.3 Å². The molecule has 0 spiro atoms. The number of ether oxygens (including phenoxy) is 1. The van der Waals surface area contributed by atoms with Gasteiger partial charge in [0.05, 0.1) is 6.54 Å².